The first-order valence-corrected chi connectivity index (χ1v) is 18.4. The number of ether oxygens (including phenoxy) is 1. The molecule has 1 atom stereocenters. The van der Waals surface area contributed by atoms with Gasteiger partial charge in [-0.25, -0.2) is 4.79 Å². The summed E-state index contributed by atoms with van der Waals surface area (Å²) in [4.78, 5) is 60.1. The minimum atomic E-state index is -0.583. The van der Waals surface area contributed by atoms with Crippen molar-refractivity contribution in [3.63, 3.8) is 0 Å². The van der Waals surface area contributed by atoms with Crippen LogP contribution in [0.1, 0.15) is 61.9 Å². The SMILES string of the molecule is C=C/C=C(\C)O/C(C=C)=C/C=C\C.O=C1CCC(N2Cc3cc(N4CC(C5CN(C(=O)N6CC(N7CCCCC7)C6)C5)C4)ccc3C2=O)C(=O)N1. The number of carbonyl (C=O) groups excluding carboxylic acids is 4. The Morgan fingerprint density at radius 1 is 0.941 bits per heavy atom. The fraction of sp³-hybridized carbons (Fsp3) is 0.500. The van der Waals surface area contributed by atoms with Crippen LogP contribution in [0.5, 0.6) is 0 Å². The fourth-order valence-electron chi connectivity index (χ4n) is 7.79. The van der Waals surface area contributed by atoms with Crippen molar-refractivity contribution >= 4 is 29.4 Å². The quantitative estimate of drug-likeness (QED) is 0.224. The molecule has 0 aromatic heterocycles. The number of rotatable bonds is 9. The zero-order valence-corrected chi connectivity index (χ0v) is 30.1. The fourth-order valence-corrected chi connectivity index (χ4v) is 7.79. The predicted molar refractivity (Wildman–Crippen MR) is 198 cm³/mol. The van der Waals surface area contributed by atoms with Crippen molar-refractivity contribution in [1.29, 1.82) is 0 Å². The van der Waals surface area contributed by atoms with Crippen LogP contribution < -0.4 is 10.2 Å². The molecule has 51 heavy (non-hydrogen) atoms. The normalized spacial score (nSPS) is 23.6. The van der Waals surface area contributed by atoms with Crippen molar-refractivity contribution < 1.29 is 23.9 Å². The van der Waals surface area contributed by atoms with Gasteiger partial charge in [0.25, 0.3) is 5.91 Å². The molecule has 5 fully saturated rings. The summed E-state index contributed by atoms with van der Waals surface area (Å²) in [6.07, 6.45) is 15.4. The van der Waals surface area contributed by atoms with E-state index in [0.717, 1.165) is 62.0 Å². The third-order valence-electron chi connectivity index (χ3n) is 11.0. The highest BCUT2D eigenvalue weighted by atomic mass is 16.5. The minimum absolute atomic E-state index is 0.133. The van der Waals surface area contributed by atoms with Gasteiger partial charge < -0.3 is 24.3 Å². The van der Waals surface area contributed by atoms with E-state index in [9.17, 15) is 19.2 Å². The lowest BCUT2D eigenvalue weighted by Crippen LogP contribution is -2.68. The Morgan fingerprint density at radius 3 is 2.31 bits per heavy atom. The third-order valence-corrected chi connectivity index (χ3v) is 11.0. The van der Waals surface area contributed by atoms with Gasteiger partial charge in [-0.3, -0.25) is 24.6 Å². The first-order chi connectivity index (χ1) is 24.7. The summed E-state index contributed by atoms with van der Waals surface area (Å²) in [5, 5.41) is 2.36. The number of allylic oxidation sites excluding steroid dienone is 7. The van der Waals surface area contributed by atoms with Crippen LogP contribution in [0.2, 0.25) is 0 Å². The van der Waals surface area contributed by atoms with Gasteiger partial charge in [-0.2, -0.15) is 0 Å². The average molecular weight is 697 g/mol. The van der Waals surface area contributed by atoms with Gasteiger partial charge in [0.05, 0.1) is 0 Å². The molecule has 1 aromatic rings. The standard InChI is InChI=1S/C28H36N6O4.C12H16O/c35-25-7-6-24(26(36)29-25)34-15-18-10-21(4-5-23(18)27(34)37)31-11-19(12-31)20-13-32(14-20)28(38)33-16-22(17-33)30-8-2-1-3-9-30;1-5-8-10-12(7-3)13-11(4)9-6-2/h4-5,10,19-20,22,24H,1-3,6-9,11-17H2,(H,29,35,36);5-10H,2-3H2,1,4H3/b;8-5-,11-9+,12-10+. The van der Waals surface area contributed by atoms with Crippen LogP contribution in [0.15, 0.2) is 79.3 Å². The third kappa shape index (κ3) is 8.14. The zero-order chi connectivity index (χ0) is 36.1. The highest BCUT2D eigenvalue weighted by Crippen LogP contribution is 2.37. The zero-order valence-electron chi connectivity index (χ0n) is 30.1. The lowest BCUT2D eigenvalue weighted by Gasteiger charge is -2.54. The van der Waals surface area contributed by atoms with Crippen molar-refractivity contribution in [1.82, 2.24) is 24.9 Å². The van der Waals surface area contributed by atoms with Gasteiger partial charge in [-0.1, -0.05) is 37.8 Å². The van der Waals surface area contributed by atoms with Gasteiger partial charge in [-0.15, -0.1) is 0 Å². The van der Waals surface area contributed by atoms with E-state index in [4.69, 9.17) is 4.74 Å². The molecule has 272 valence electrons. The number of fused-ring (bicyclic) bond motifs is 1. The first kappa shape index (κ1) is 36.2. The molecular formula is C40H52N6O5. The molecule has 0 aliphatic carbocycles. The van der Waals surface area contributed by atoms with Gasteiger partial charge in [0, 0.05) is 81.4 Å². The molecule has 11 nitrogen and oxygen atoms in total. The number of imide groups is 1. The minimum Gasteiger partial charge on any atom is -0.462 e. The number of carbonyl (C=O) groups is 4. The first-order valence-electron chi connectivity index (χ1n) is 18.4. The van der Waals surface area contributed by atoms with E-state index < -0.39 is 6.04 Å². The molecule has 1 N–H and O–H groups in total. The van der Waals surface area contributed by atoms with Gasteiger partial charge in [0.1, 0.15) is 17.6 Å². The molecule has 1 unspecified atom stereocenters. The second kappa shape index (κ2) is 16.1. The summed E-state index contributed by atoms with van der Waals surface area (Å²) in [5.74, 6) is 1.90. The number of nitrogens with zero attached hydrogens (tertiary/aromatic N) is 5. The van der Waals surface area contributed by atoms with E-state index in [1.807, 2.05) is 54.0 Å². The number of hydrogen-bond donors (Lipinski definition) is 1. The number of anilines is 1. The van der Waals surface area contributed by atoms with Crippen LogP contribution >= 0.6 is 0 Å². The summed E-state index contributed by atoms with van der Waals surface area (Å²) in [6, 6.07) is 6.15. The molecule has 6 aliphatic heterocycles. The molecule has 5 saturated heterocycles. The van der Waals surface area contributed by atoms with Crippen LogP contribution in [0.4, 0.5) is 10.5 Å². The maximum Gasteiger partial charge on any atom is 0.320 e. The highest BCUT2D eigenvalue weighted by molar-refractivity contribution is 6.05. The number of urea groups is 1. The Balaban J connectivity index is 0.000000296. The van der Waals surface area contributed by atoms with E-state index >= 15 is 0 Å². The van der Waals surface area contributed by atoms with Gasteiger partial charge in [-0.05, 0) is 88.2 Å². The number of nitrogens with one attached hydrogen (secondary N) is 1. The molecule has 0 bridgehead atoms. The second-order valence-corrected chi connectivity index (χ2v) is 14.4. The molecule has 0 radical (unpaired) electrons. The maximum absolute atomic E-state index is 12.9. The van der Waals surface area contributed by atoms with Crippen LogP contribution in [0.25, 0.3) is 0 Å². The largest absolute Gasteiger partial charge is 0.462 e. The smallest absolute Gasteiger partial charge is 0.320 e. The lowest BCUT2D eigenvalue weighted by molar-refractivity contribution is -0.136. The molecular weight excluding hydrogens is 644 g/mol. The van der Waals surface area contributed by atoms with Crippen molar-refractivity contribution in [3.05, 3.63) is 90.5 Å². The lowest BCUT2D eigenvalue weighted by atomic mass is 9.80. The Morgan fingerprint density at radius 2 is 1.65 bits per heavy atom. The van der Waals surface area contributed by atoms with Gasteiger partial charge in [0.2, 0.25) is 11.8 Å². The molecule has 11 heteroatoms. The molecule has 0 saturated carbocycles. The van der Waals surface area contributed by atoms with E-state index in [0.29, 0.717) is 36.4 Å². The maximum atomic E-state index is 12.9. The molecule has 5 amide bonds. The Kier molecular flexibility index (Phi) is 11.4. The van der Waals surface area contributed by atoms with Crippen molar-refractivity contribution in [2.45, 2.75) is 64.6 Å². The Labute approximate surface area is 301 Å². The monoisotopic (exact) mass is 696 g/mol. The number of hydrogen-bond acceptors (Lipinski definition) is 7. The topological polar surface area (TPSA) is 106 Å². The van der Waals surface area contributed by atoms with Crippen molar-refractivity contribution in [3.8, 4) is 0 Å². The second-order valence-electron chi connectivity index (χ2n) is 14.4. The molecule has 6 heterocycles. The van der Waals surface area contributed by atoms with E-state index in [1.54, 1.807) is 23.1 Å². The summed E-state index contributed by atoms with van der Waals surface area (Å²) in [7, 11) is 0. The molecule has 7 rings (SSSR count). The number of piperidine rings is 2. The van der Waals surface area contributed by atoms with Crippen molar-refractivity contribution in [2.24, 2.45) is 11.8 Å². The van der Waals surface area contributed by atoms with Gasteiger partial charge >= 0.3 is 6.03 Å². The van der Waals surface area contributed by atoms with Crippen LogP contribution in [-0.4, -0.2) is 108 Å². The van der Waals surface area contributed by atoms with Gasteiger partial charge in [0.15, 0.2) is 0 Å². The Bertz CT molecular complexity index is 1610. The van der Waals surface area contributed by atoms with Crippen molar-refractivity contribution in [2.75, 3.05) is 57.3 Å². The number of amides is 5. The summed E-state index contributed by atoms with van der Waals surface area (Å²) in [5.41, 5.74) is 2.70. The summed E-state index contributed by atoms with van der Waals surface area (Å²) in [6.45, 7) is 19.3. The molecule has 1 aromatic carbocycles. The molecule has 6 aliphatic rings. The van der Waals surface area contributed by atoms with Crippen LogP contribution in [-0.2, 0) is 20.9 Å². The van der Waals surface area contributed by atoms with E-state index in [2.05, 4.69) is 34.3 Å². The summed E-state index contributed by atoms with van der Waals surface area (Å²) >= 11 is 0. The molecule has 0 spiro atoms. The van der Waals surface area contributed by atoms with E-state index in [1.165, 1.54) is 32.4 Å². The van der Waals surface area contributed by atoms with Crippen LogP contribution in [0.3, 0.4) is 0 Å². The highest BCUT2D eigenvalue weighted by Gasteiger charge is 2.45. The number of benzene rings is 1. The predicted octanol–water partition coefficient (Wildman–Crippen LogP) is 4.84. The van der Waals surface area contributed by atoms with Crippen LogP contribution in [0, 0.1) is 11.8 Å². The average Bonchev–Trinajstić information content (AvgIpc) is 3.38. The summed E-state index contributed by atoms with van der Waals surface area (Å²) < 4.78 is 5.42. The van der Waals surface area contributed by atoms with E-state index in [-0.39, 0.29) is 30.2 Å². The Hall–Kier alpha value is -4.64. The number of likely N-dealkylation sites (tertiary alicyclic amines) is 3.